The molecule has 19 heavy (non-hydrogen) atoms. The van der Waals surface area contributed by atoms with Gasteiger partial charge in [-0.05, 0) is 13.8 Å². The normalized spacial score (nSPS) is 12.9. The fourth-order valence-corrected chi connectivity index (χ4v) is 1.12. The van der Waals surface area contributed by atoms with Crippen LogP contribution in [0.4, 0.5) is 4.79 Å². The highest BCUT2D eigenvalue weighted by Gasteiger charge is 2.24. The number of esters is 1. The first-order valence-electron chi connectivity index (χ1n) is 5.52. The zero-order valence-corrected chi connectivity index (χ0v) is 10.6. The number of hydrogen-bond acceptors (Lipinski definition) is 5. The smallest absolute Gasteiger partial charge is 0.328 e. The van der Waals surface area contributed by atoms with Gasteiger partial charge in [-0.25, -0.2) is 14.4 Å². The molecule has 9 nitrogen and oxygen atoms in total. The van der Waals surface area contributed by atoms with Gasteiger partial charge in [0, 0.05) is 0 Å². The van der Waals surface area contributed by atoms with Gasteiger partial charge in [0.15, 0.2) is 0 Å². The summed E-state index contributed by atoms with van der Waals surface area (Å²) in [6.45, 7) is 3.14. The number of carboxylic acids is 1. The van der Waals surface area contributed by atoms with Crippen molar-refractivity contribution in [2.24, 2.45) is 5.73 Å². The summed E-state index contributed by atoms with van der Waals surface area (Å²) in [5, 5.41) is 13.0. The summed E-state index contributed by atoms with van der Waals surface area (Å²) in [7, 11) is 0. The molecule has 0 rings (SSSR count). The van der Waals surface area contributed by atoms with E-state index < -0.39 is 42.4 Å². The molecule has 2 unspecified atom stereocenters. The predicted molar refractivity (Wildman–Crippen MR) is 63.0 cm³/mol. The van der Waals surface area contributed by atoms with Crippen LogP contribution in [0.25, 0.3) is 0 Å². The molecule has 0 aliphatic rings. The number of nitrogens with one attached hydrogen (secondary N) is 2. The molecule has 0 aliphatic carbocycles. The highest BCUT2D eigenvalue weighted by Crippen LogP contribution is 1.93. The molecule has 0 saturated carbocycles. The van der Waals surface area contributed by atoms with E-state index in [1.54, 1.807) is 6.92 Å². The monoisotopic (exact) mass is 275 g/mol. The Bertz CT molecular complexity index is 370. The van der Waals surface area contributed by atoms with Gasteiger partial charge in [-0.2, -0.15) is 0 Å². The van der Waals surface area contributed by atoms with Crippen LogP contribution < -0.4 is 16.4 Å². The fraction of sp³-hybridized carbons (Fsp3) is 0.600. The van der Waals surface area contributed by atoms with Gasteiger partial charge in [0.25, 0.3) is 0 Å². The van der Waals surface area contributed by atoms with Gasteiger partial charge in [0.1, 0.15) is 12.1 Å². The molecule has 0 fully saturated rings. The summed E-state index contributed by atoms with van der Waals surface area (Å²) in [6.07, 6.45) is -0.545. The van der Waals surface area contributed by atoms with Crippen LogP contribution in [0.1, 0.15) is 20.3 Å². The molecular weight excluding hydrogens is 258 g/mol. The van der Waals surface area contributed by atoms with E-state index in [1.807, 2.05) is 5.32 Å². The van der Waals surface area contributed by atoms with Crippen molar-refractivity contribution in [2.75, 3.05) is 6.61 Å². The first kappa shape index (κ1) is 16.7. The summed E-state index contributed by atoms with van der Waals surface area (Å²) in [5.41, 5.74) is 4.85. The van der Waals surface area contributed by atoms with Gasteiger partial charge in [-0.3, -0.25) is 4.79 Å². The van der Waals surface area contributed by atoms with E-state index >= 15 is 0 Å². The third-order valence-electron chi connectivity index (χ3n) is 2.00. The molecule has 0 aromatic rings. The number of hydrogen-bond donors (Lipinski definition) is 4. The van der Waals surface area contributed by atoms with Crippen LogP contribution in [0.2, 0.25) is 0 Å². The number of primary amides is 1. The van der Waals surface area contributed by atoms with Crippen LogP contribution in [0.5, 0.6) is 0 Å². The quantitative estimate of drug-likeness (QED) is 0.418. The van der Waals surface area contributed by atoms with Gasteiger partial charge >= 0.3 is 18.0 Å². The van der Waals surface area contributed by atoms with Crippen LogP contribution in [-0.2, 0) is 19.1 Å². The van der Waals surface area contributed by atoms with Crippen LogP contribution in [0, 0.1) is 0 Å². The average molecular weight is 275 g/mol. The summed E-state index contributed by atoms with van der Waals surface area (Å²) in [5.74, 6) is -2.93. The van der Waals surface area contributed by atoms with E-state index in [2.05, 4.69) is 10.1 Å². The third kappa shape index (κ3) is 6.86. The molecule has 108 valence electrons. The van der Waals surface area contributed by atoms with E-state index in [4.69, 9.17) is 10.8 Å². The number of carbonyl (C=O) groups excluding carboxylic acids is 3. The molecule has 0 aromatic carbocycles. The Labute approximate surface area is 109 Å². The molecular formula is C10H17N3O6. The van der Waals surface area contributed by atoms with Crippen LogP contribution in [-0.4, -0.2) is 47.7 Å². The predicted octanol–water partition coefficient (Wildman–Crippen LogP) is -1.43. The van der Waals surface area contributed by atoms with Crippen molar-refractivity contribution in [3.63, 3.8) is 0 Å². The molecule has 0 spiro atoms. The molecule has 0 radical (unpaired) electrons. The zero-order chi connectivity index (χ0) is 15.0. The van der Waals surface area contributed by atoms with Gasteiger partial charge in [-0.15, -0.1) is 0 Å². The number of urea groups is 1. The molecule has 5 N–H and O–H groups in total. The first-order chi connectivity index (χ1) is 8.77. The Balaban J connectivity index is 4.37. The van der Waals surface area contributed by atoms with Crippen molar-refractivity contribution >= 4 is 23.9 Å². The molecule has 2 atom stereocenters. The fourth-order valence-electron chi connectivity index (χ4n) is 1.12. The van der Waals surface area contributed by atoms with Crippen LogP contribution >= 0.6 is 0 Å². The number of amides is 3. The van der Waals surface area contributed by atoms with E-state index in [-0.39, 0.29) is 6.61 Å². The van der Waals surface area contributed by atoms with Crippen LogP contribution in [0.3, 0.4) is 0 Å². The number of aliphatic carboxylic acids is 1. The summed E-state index contributed by atoms with van der Waals surface area (Å²) < 4.78 is 4.65. The van der Waals surface area contributed by atoms with E-state index in [0.717, 1.165) is 0 Å². The van der Waals surface area contributed by atoms with Crippen molar-refractivity contribution in [1.29, 1.82) is 0 Å². The molecule has 3 amide bonds. The van der Waals surface area contributed by atoms with Gasteiger partial charge in [-0.1, -0.05) is 0 Å². The Kier molecular flexibility index (Phi) is 6.94. The second-order valence-electron chi connectivity index (χ2n) is 3.65. The Morgan fingerprint density at radius 3 is 2.26 bits per heavy atom. The lowest BCUT2D eigenvalue weighted by atomic mass is 10.2. The SMILES string of the molecule is CCOC(=O)C(C)NC(=O)NC(CC(N)=O)C(=O)O. The number of carbonyl (C=O) groups is 4. The Morgan fingerprint density at radius 1 is 1.26 bits per heavy atom. The highest BCUT2D eigenvalue weighted by atomic mass is 16.5. The van der Waals surface area contributed by atoms with Crippen molar-refractivity contribution in [2.45, 2.75) is 32.4 Å². The second-order valence-corrected chi connectivity index (χ2v) is 3.65. The number of nitrogens with two attached hydrogens (primary N) is 1. The maximum atomic E-state index is 11.4. The lowest BCUT2D eigenvalue weighted by molar-refractivity contribution is -0.144. The van der Waals surface area contributed by atoms with Gasteiger partial charge < -0.3 is 26.2 Å². The van der Waals surface area contributed by atoms with E-state index in [1.165, 1.54) is 6.92 Å². The summed E-state index contributed by atoms with van der Waals surface area (Å²) in [4.78, 5) is 44.0. The third-order valence-corrected chi connectivity index (χ3v) is 2.00. The molecule has 0 aromatic heterocycles. The first-order valence-corrected chi connectivity index (χ1v) is 5.52. The molecule has 0 bridgehead atoms. The lowest BCUT2D eigenvalue weighted by Gasteiger charge is -2.16. The Hall–Kier alpha value is -2.32. The zero-order valence-electron chi connectivity index (χ0n) is 10.6. The molecule has 0 saturated heterocycles. The largest absolute Gasteiger partial charge is 0.480 e. The number of carboxylic acid groups (broad SMARTS) is 1. The van der Waals surface area contributed by atoms with Crippen molar-refractivity contribution in [1.82, 2.24) is 10.6 Å². The molecule has 0 aliphatic heterocycles. The van der Waals surface area contributed by atoms with Gasteiger partial charge in [0.05, 0.1) is 13.0 Å². The van der Waals surface area contributed by atoms with Crippen molar-refractivity contribution in [3.8, 4) is 0 Å². The summed E-state index contributed by atoms with van der Waals surface area (Å²) >= 11 is 0. The van der Waals surface area contributed by atoms with Crippen LogP contribution in [0.15, 0.2) is 0 Å². The topological polar surface area (TPSA) is 148 Å². The minimum atomic E-state index is -1.45. The highest BCUT2D eigenvalue weighted by molar-refractivity contribution is 5.89. The standard InChI is InChI=1S/C10H17N3O6/c1-3-19-9(17)5(2)12-10(18)13-6(8(15)16)4-7(11)14/h5-6H,3-4H2,1-2H3,(H2,11,14)(H,15,16)(H2,12,13,18). The number of rotatable bonds is 7. The number of ether oxygens (including phenoxy) is 1. The van der Waals surface area contributed by atoms with E-state index in [0.29, 0.717) is 0 Å². The van der Waals surface area contributed by atoms with Gasteiger partial charge in [0.2, 0.25) is 5.91 Å². The second kappa shape index (κ2) is 7.90. The summed E-state index contributed by atoms with van der Waals surface area (Å²) in [6, 6.07) is -3.30. The maximum absolute atomic E-state index is 11.4. The minimum absolute atomic E-state index is 0.159. The van der Waals surface area contributed by atoms with E-state index in [9.17, 15) is 19.2 Å². The average Bonchev–Trinajstić information content (AvgIpc) is 2.27. The van der Waals surface area contributed by atoms with Crippen molar-refractivity contribution in [3.05, 3.63) is 0 Å². The van der Waals surface area contributed by atoms with Crippen molar-refractivity contribution < 1.29 is 29.0 Å². The lowest BCUT2D eigenvalue weighted by Crippen LogP contribution is -2.51. The molecule has 9 heteroatoms. The molecule has 0 heterocycles. The Morgan fingerprint density at radius 2 is 1.84 bits per heavy atom. The maximum Gasteiger partial charge on any atom is 0.328 e. The minimum Gasteiger partial charge on any atom is -0.480 e.